The molecule has 100 valence electrons. The number of rotatable bonds is 6. The van der Waals surface area contributed by atoms with E-state index in [9.17, 15) is 5.11 Å². The highest BCUT2D eigenvalue weighted by atomic mass is 16.5. The molecule has 2 N–H and O–H groups in total. The van der Waals surface area contributed by atoms with Crippen LogP contribution < -0.4 is 5.32 Å². The van der Waals surface area contributed by atoms with E-state index in [0.29, 0.717) is 0 Å². The summed E-state index contributed by atoms with van der Waals surface area (Å²) in [6.07, 6.45) is 0. The number of morpholine rings is 1. The lowest BCUT2D eigenvalue weighted by Crippen LogP contribution is -2.41. The standard InChI is InChI=1S/C14H22N2O2/c17-12-14(13-4-2-1-3-5-13)15-6-7-16-8-10-18-11-9-16/h1-5,14-15,17H,6-12H2. The lowest BCUT2D eigenvalue weighted by Gasteiger charge is -2.27. The van der Waals surface area contributed by atoms with E-state index >= 15 is 0 Å². The third kappa shape index (κ3) is 4.07. The summed E-state index contributed by atoms with van der Waals surface area (Å²) < 4.78 is 5.32. The normalized spacial score (nSPS) is 18.7. The quantitative estimate of drug-likeness (QED) is 0.778. The van der Waals surface area contributed by atoms with E-state index in [0.717, 1.165) is 45.0 Å². The van der Waals surface area contributed by atoms with Crippen molar-refractivity contribution < 1.29 is 9.84 Å². The Labute approximate surface area is 109 Å². The second kappa shape index (κ2) is 7.48. The molecular formula is C14H22N2O2. The number of benzene rings is 1. The van der Waals surface area contributed by atoms with E-state index < -0.39 is 0 Å². The minimum absolute atomic E-state index is 0.0345. The predicted octanol–water partition coefficient (Wildman–Crippen LogP) is 0.642. The van der Waals surface area contributed by atoms with Crippen LogP contribution in [-0.4, -0.2) is 56.0 Å². The van der Waals surface area contributed by atoms with E-state index in [-0.39, 0.29) is 12.6 Å². The summed E-state index contributed by atoms with van der Waals surface area (Å²) in [5.41, 5.74) is 1.14. The minimum atomic E-state index is 0.0345. The number of aliphatic hydroxyl groups is 1. The zero-order valence-electron chi connectivity index (χ0n) is 10.7. The molecule has 0 amide bonds. The molecule has 0 bridgehead atoms. The van der Waals surface area contributed by atoms with Gasteiger partial charge in [-0.05, 0) is 5.56 Å². The average molecular weight is 250 g/mol. The van der Waals surface area contributed by atoms with Gasteiger partial charge in [-0.2, -0.15) is 0 Å². The summed E-state index contributed by atoms with van der Waals surface area (Å²) in [5, 5.41) is 12.8. The van der Waals surface area contributed by atoms with Crippen LogP contribution in [0.4, 0.5) is 0 Å². The highest BCUT2D eigenvalue weighted by Crippen LogP contribution is 2.11. The molecular weight excluding hydrogens is 228 g/mol. The van der Waals surface area contributed by atoms with Gasteiger partial charge in [0.05, 0.1) is 25.9 Å². The first kappa shape index (κ1) is 13.5. The molecule has 2 rings (SSSR count). The van der Waals surface area contributed by atoms with Crippen LogP contribution in [0.2, 0.25) is 0 Å². The van der Waals surface area contributed by atoms with Crippen LogP contribution in [0.3, 0.4) is 0 Å². The first-order valence-electron chi connectivity index (χ1n) is 6.59. The SMILES string of the molecule is OCC(NCCN1CCOCC1)c1ccccc1. The van der Waals surface area contributed by atoms with Gasteiger partial charge >= 0.3 is 0 Å². The van der Waals surface area contributed by atoms with Gasteiger partial charge in [-0.15, -0.1) is 0 Å². The second-order valence-corrected chi connectivity index (χ2v) is 4.55. The highest BCUT2D eigenvalue weighted by molar-refractivity contribution is 5.18. The molecule has 1 aliphatic heterocycles. The maximum Gasteiger partial charge on any atom is 0.0626 e. The van der Waals surface area contributed by atoms with Gasteiger partial charge in [-0.3, -0.25) is 4.90 Å². The first-order chi connectivity index (χ1) is 8.90. The number of hydrogen-bond donors (Lipinski definition) is 2. The van der Waals surface area contributed by atoms with Crippen molar-refractivity contribution in [1.29, 1.82) is 0 Å². The fraction of sp³-hybridized carbons (Fsp3) is 0.571. The number of aliphatic hydroxyl groups excluding tert-OH is 1. The molecule has 4 heteroatoms. The Morgan fingerprint density at radius 2 is 1.94 bits per heavy atom. The maximum atomic E-state index is 9.42. The van der Waals surface area contributed by atoms with Gasteiger partial charge in [0, 0.05) is 26.2 Å². The summed E-state index contributed by atoms with van der Waals surface area (Å²) in [5.74, 6) is 0. The van der Waals surface area contributed by atoms with E-state index in [4.69, 9.17) is 4.74 Å². The Hall–Kier alpha value is -0.940. The molecule has 1 heterocycles. The van der Waals surface area contributed by atoms with Crippen LogP contribution in [-0.2, 0) is 4.74 Å². The van der Waals surface area contributed by atoms with E-state index in [2.05, 4.69) is 10.2 Å². The van der Waals surface area contributed by atoms with E-state index in [1.54, 1.807) is 0 Å². The lowest BCUT2D eigenvalue weighted by atomic mass is 10.1. The molecule has 0 aromatic heterocycles. The van der Waals surface area contributed by atoms with E-state index in [1.165, 1.54) is 0 Å². The predicted molar refractivity (Wildman–Crippen MR) is 71.5 cm³/mol. The minimum Gasteiger partial charge on any atom is -0.394 e. The topological polar surface area (TPSA) is 44.7 Å². The summed E-state index contributed by atoms with van der Waals surface area (Å²) in [6, 6.07) is 10.1. The monoisotopic (exact) mass is 250 g/mol. The van der Waals surface area contributed by atoms with Crippen molar-refractivity contribution in [3.8, 4) is 0 Å². The third-order valence-electron chi connectivity index (χ3n) is 3.31. The van der Waals surface area contributed by atoms with Crippen molar-refractivity contribution in [2.24, 2.45) is 0 Å². The maximum absolute atomic E-state index is 9.42. The van der Waals surface area contributed by atoms with Gasteiger partial charge < -0.3 is 15.2 Å². The molecule has 0 spiro atoms. The molecule has 1 saturated heterocycles. The largest absolute Gasteiger partial charge is 0.394 e. The van der Waals surface area contributed by atoms with Crippen LogP contribution in [0.5, 0.6) is 0 Å². The number of nitrogens with one attached hydrogen (secondary N) is 1. The van der Waals surface area contributed by atoms with Crippen LogP contribution in [0.15, 0.2) is 30.3 Å². The average Bonchev–Trinajstić information content (AvgIpc) is 2.46. The van der Waals surface area contributed by atoms with Crippen molar-refractivity contribution in [2.45, 2.75) is 6.04 Å². The van der Waals surface area contributed by atoms with Crippen molar-refractivity contribution in [2.75, 3.05) is 46.0 Å². The van der Waals surface area contributed by atoms with Gasteiger partial charge in [-0.25, -0.2) is 0 Å². The molecule has 0 aliphatic carbocycles. The summed E-state index contributed by atoms with van der Waals surface area (Å²) >= 11 is 0. The Bertz CT molecular complexity index is 326. The highest BCUT2D eigenvalue weighted by Gasteiger charge is 2.12. The zero-order valence-corrected chi connectivity index (χ0v) is 10.7. The number of hydrogen-bond acceptors (Lipinski definition) is 4. The summed E-state index contributed by atoms with van der Waals surface area (Å²) in [7, 11) is 0. The summed E-state index contributed by atoms with van der Waals surface area (Å²) in [6.45, 7) is 5.72. The molecule has 0 radical (unpaired) electrons. The molecule has 4 nitrogen and oxygen atoms in total. The number of nitrogens with zero attached hydrogens (tertiary/aromatic N) is 1. The molecule has 1 aliphatic rings. The van der Waals surface area contributed by atoms with Crippen molar-refractivity contribution in [3.05, 3.63) is 35.9 Å². The zero-order chi connectivity index (χ0) is 12.6. The van der Waals surface area contributed by atoms with Gasteiger partial charge in [0.1, 0.15) is 0 Å². The molecule has 1 aromatic carbocycles. The second-order valence-electron chi connectivity index (χ2n) is 4.55. The van der Waals surface area contributed by atoms with Crippen LogP contribution in [0.1, 0.15) is 11.6 Å². The van der Waals surface area contributed by atoms with Crippen LogP contribution >= 0.6 is 0 Å². The molecule has 0 saturated carbocycles. The Kier molecular flexibility index (Phi) is 5.61. The molecule has 1 atom stereocenters. The summed E-state index contributed by atoms with van der Waals surface area (Å²) in [4.78, 5) is 2.38. The fourth-order valence-electron chi connectivity index (χ4n) is 2.19. The van der Waals surface area contributed by atoms with Gasteiger partial charge in [0.2, 0.25) is 0 Å². The lowest BCUT2D eigenvalue weighted by molar-refractivity contribution is 0.0378. The molecule has 1 aromatic rings. The van der Waals surface area contributed by atoms with Crippen molar-refractivity contribution in [1.82, 2.24) is 10.2 Å². The van der Waals surface area contributed by atoms with Crippen LogP contribution in [0, 0.1) is 0 Å². The fourth-order valence-corrected chi connectivity index (χ4v) is 2.19. The van der Waals surface area contributed by atoms with Gasteiger partial charge in [0.15, 0.2) is 0 Å². The van der Waals surface area contributed by atoms with Gasteiger partial charge in [0.25, 0.3) is 0 Å². The number of ether oxygens (including phenoxy) is 1. The Balaban J connectivity index is 1.73. The van der Waals surface area contributed by atoms with E-state index in [1.807, 2.05) is 30.3 Å². The van der Waals surface area contributed by atoms with Crippen molar-refractivity contribution in [3.63, 3.8) is 0 Å². The van der Waals surface area contributed by atoms with Gasteiger partial charge in [-0.1, -0.05) is 30.3 Å². The third-order valence-corrected chi connectivity index (χ3v) is 3.31. The smallest absolute Gasteiger partial charge is 0.0626 e. The first-order valence-corrected chi connectivity index (χ1v) is 6.59. The molecule has 18 heavy (non-hydrogen) atoms. The van der Waals surface area contributed by atoms with Crippen LogP contribution in [0.25, 0.3) is 0 Å². The molecule has 1 unspecified atom stereocenters. The molecule has 1 fully saturated rings. The Morgan fingerprint density at radius 1 is 1.22 bits per heavy atom. The Morgan fingerprint density at radius 3 is 2.61 bits per heavy atom. The van der Waals surface area contributed by atoms with Crippen molar-refractivity contribution >= 4 is 0 Å².